The predicted octanol–water partition coefficient (Wildman–Crippen LogP) is 11.0. The third kappa shape index (κ3) is 3.76. The van der Waals surface area contributed by atoms with E-state index in [1.54, 1.807) is 0 Å². The van der Waals surface area contributed by atoms with Crippen LogP contribution in [-0.2, 0) is 5.41 Å². The predicted molar refractivity (Wildman–Crippen MR) is 178 cm³/mol. The van der Waals surface area contributed by atoms with Crippen LogP contribution in [0.4, 0.5) is 0 Å². The van der Waals surface area contributed by atoms with Gasteiger partial charge in [-0.2, -0.15) is 0 Å². The Morgan fingerprint density at radius 2 is 1.19 bits per heavy atom. The Hall–Kier alpha value is -4.94. The Labute approximate surface area is 248 Å². The second kappa shape index (κ2) is 9.86. The highest BCUT2D eigenvalue weighted by Gasteiger charge is 2.48. The number of rotatable bonds is 4. The summed E-state index contributed by atoms with van der Waals surface area (Å²) >= 11 is 0. The highest BCUT2D eigenvalue weighted by atomic mass is 14.5. The van der Waals surface area contributed by atoms with Crippen molar-refractivity contribution in [3.63, 3.8) is 0 Å². The molecule has 2 atom stereocenters. The lowest BCUT2D eigenvalue weighted by atomic mass is 9.63. The third-order valence-electron chi connectivity index (χ3n) is 9.29. The monoisotopic (exact) mass is 536 g/mol. The van der Waals surface area contributed by atoms with E-state index in [2.05, 4.69) is 165 Å². The van der Waals surface area contributed by atoms with E-state index in [-0.39, 0.29) is 5.41 Å². The first kappa shape index (κ1) is 24.8. The Balaban J connectivity index is 1.48. The second-order valence-electron chi connectivity index (χ2n) is 11.8. The van der Waals surface area contributed by atoms with Gasteiger partial charge in [-0.15, -0.1) is 0 Å². The second-order valence-corrected chi connectivity index (χ2v) is 11.8. The van der Waals surface area contributed by atoms with Gasteiger partial charge in [0.25, 0.3) is 0 Å². The van der Waals surface area contributed by atoms with Gasteiger partial charge in [-0.25, -0.2) is 0 Å². The van der Waals surface area contributed by atoms with Gasteiger partial charge in [-0.1, -0.05) is 158 Å². The molecule has 0 nitrogen and oxygen atoms in total. The number of fused-ring (bicyclic) bond motifs is 5. The van der Waals surface area contributed by atoms with Gasteiger partial charge in [-0.3, -0.25) is 0 Å². The maximum atomic E-state index is 2.48. The Morgan fingerprint density at radius 3 is 1.88 bits per heavy atom. The van der Waals surface area contributed by atoms with Crippen LogP contribution < -0.4 is 0 Å². The maximum absolute atomic E-state index is 2.48. The van der Waals surface area contributed by atoms with E-state index >= 15 is 0 Å². The molecule has 0 N–H and O–H groups in total. The van der Waals surface area contributed by atoms with Crippen LogP contribution in [0.1, 0.15) is 30.0 Å². The lowest BCUT2D eigenvalue weighted by molar-refractivity contribution is 0.618. The zero-order valence-corrected chi connectivity index (χ0v) is 23.8. The highest BCUT2D eigenvalue weighted by molar-refractivity contribution is 6.02. The number of hydrogen-bond donors (Lipinski definition) is 0. The van der Waals surface area contributed by atoms with Gasteiger partial charge in [0.05, 0.1) is 5.41 Å². The molecule has 0 heterocycles. The summed E-state index contributed by atoms with van der Waals surface area (Å²) in [4.78, 5) is 0. The van der Waals surface area contributed by atoms with Crippen molar-refractivity contribution in [3.05, 3.63) is 180 Å². The zero-order valence-electron chi connectivity index (χ0n) is 23.8. The first-order chi connectivity index (χ1) is 20.7. The van der Waals surface area contributed by atoms with Crippen molar-refractivity contribution >= 4 is 10.8 Å². The fraction of sp³-hybridized carbons (Fsp3) is 0.0952. The van der Waals surface area contributed by atoms with Gasteiger partial charge in [0.2, 0.25) is 0 Å². The van der Waals surface area contributed by atoms with Gasteiger partial charge in [0.15, 0.2) is 0 Å². The van der Waals surface area contributed by atoms with E-state index in [1.165, 1.54) is 66.4 Å². The fourth-order valence-electron chi connectivity index (χ4n) is 7.43. The van der Waals surface area contributed by atoms with Gasteiger partial charge in [-0.05, 0) is 85.3 Å². The molecule has 0 amide bonds. The first-order valence-corrected chi connectivity index (χ1v) is 15.0. The van der Waals surface area contributed by atoms with Crippen LogP contribution in [0.5, 0.6) is 0 Å². The summed E-state index contributed by atoms with van der Waals surface area (Å²) in [5.41, 5.74) is 12.9. The fourth-order valence-corrected chi connectivity index (χ4v) is 7.43. The number of hydrogen-bond acceptors (Lipinski definition) is 0. The molecule has 0 heteroatoms. The third-order valence-corrected chi connectivity index (χ3v) is 9.29. The summed E-state index contributed by atoms with van der Waals surface area (Å²) in [6.07, 6.45) is 8.05. The van der Waals surface area contributed by atoms with E-state index in [0.717, 1.165) is 6.42 Å². The molecule has 2 unspecified atom stereocenters. The molecule has 8 rings (SSSR count). The van der Waals surface area contributed by atoms with E-state index in [4.69, 9.17) is 0 Å². The van der Waals surface area contributed by atoms with Crippen LogP contribution in [0.15, 0.2) is 163 Å². The molecule has 200 valence electrons. The topological polar surface area (TPSA) is 0 Å². The Kier molecular flexibility index (Phi) is 5.83. The molecule has 0 aromatic heterocycles. The SMILES string of the molecule is CC1C=CC=C(C2(c3ccccc3)c3cc(-c4ccccc4)ccc3-c3ccc4cc(-c5ccccc5)ccc4c32)C1. The molecule has 42 heavy (non-hydrogen) atoms. The van der Waals surface area contributed by atoms with Crippen LogP contribution in [0.2, 0.25) is 0 Å². The van der Waals surface area contributed by atoms with Crippen molar-refractivity contribution in [2.75, 3.05) is 0 Å². The quantitative estimate of drug-likeness (QED) is 0.210. The van der Waals surface area contributed by atoms with Crippen molar-refractivity contribution in [1.29, 1.82) is 0 Å². The van der Waals surface area contributed by atoms with Crippen molar-refractivity contribution in [3.8, 4) is 33.4 Å². The minimum Gasteiger partial charge on any atom is -0.0814 e. The molecule has 2 aliphatic rings. The molecule has 6 aromatic carbocycles. The summed E-state index contributed by atoms with van der Waals surface area (Å²) in [6, 6.07) is 51.7. The average Bonchev–Trinajstić information content (AvgIpc) is 3.36. The molecule has 0 spiro atoms. The molecule has 2 aliphatic carbocycles. The molecule has 6 aromatic rings. The van der Waals surface area contributed by atoms with Crippen molar-refractivity contribution < 1.29 is 0 Å². The highest BCUT2D eigenvalue weighted by Crippen LogP contribution is 2.60. The van der Waals surface area contributed by atoms with Gasteiger partial charge in [0, 0.05) is 0 Å². The Bertz CT molecular complexity index is 1990. The van der Waals surface area contributed by atoms with Gasteiger partial charge >= 0.3 is 0 Å². The van der Waals surface area contributed by atoms with Gasteiger partial charge < -0.3 is 0 Å². The largest absolute Gasteiger partial charge is 0.0814 e. The molecular weight excluding hydrogens is 504 g/mol. The van der Waals surface area contributed by atoms with Crippen LogP contribution >= 0.6 is 0 Å². The lowest BCUT2D eigenvalue weighted by Crippen LogP contribution is -2.31. The van der Waals surface area contributed by atoms with E-state index < -0.39 is 0 Å². The van der Waals surface area contributed by atoms with E-state index in [9.17, 15) is 0 Å². The van der Waals surface area contributed by atoms with Crippen LogP contribution in [0.3, 0.4) is 0 Å². The number of benzene rings is 6. The molecule has 0 saturated carbocycles. The van der Waals surface area contributed by atoms with Crippen molar-refractivity contribution in [2.45, 2.75) is 18.8 Å². The molecule has 0 aliphatic heterocycles. The normalized spacial score (nSPS) is 18.9. The summed E-state index contributed by atoms with van der Waals surface area (Å²) in [5, 5.41) is 2.61. The Morgan fingerprint density at radius 1 is 0.571 bits per heavy atom. The molecule has 0 fully saturated rings. The van der Waals surface area contributed by atoms with Crippen LogP contribution in [-0.4, -0.2) is 0 Å². The standard InChI is InChI=1S/C42H32/c1-29-12-11-19-36(26-29)42(35-17-9-4-10-18-35)40-28-33(31-15-7-3-8-16-31)21-24-38(40)39-25-22-34-27-32(20-23-37(34)41(39)42)30-13-5-2-6-14-30/h2-25,27-29H,26H2,1H3. The van der Waals surface area contributed by atoms with Crippen LogP contribution in [0, 0.1) is 5.92 Å². The summed E-state index contributed by atoms with van der Waals surface area (Å²) < 4.78 is 0. The summed E-state index contributed by atoms with van der Waals surface area (Å²) in [7, 11) is 0. The minimum absolute atomic E-state index is 0.385. The zero-order chi connectivity index (χ0) is 28.1. The van der Waals surface area contributed by atoms with Crippen molar-refractivity contribution in [2.24, 2.45) is 5.92 Å². The summed E-state index contributed by atoms with van der Waals surface area (Å²) in [5.74, 6) is 0.482. The summed E-state index contributed by atoms with van der Waals surface area (Å²) in [6.45, 7) is 2.34. The lowest BCUT2D eigenvalue weighted by Gasteiger charge is -2.38. The van der Waals surface area contributed by atoms with Gasteiger partial charge in [0.1, 0.15) is 0 Å². The van der Waals surface area contributed by atoms with Crippen molar-refractivity contribution in [1.82, 2.24) is 0 Å². The number of allylic oxidation sites excluding steroid dienone is 4. The maximum Gasteiger partial charge on any atom is 0.0683 e. The van der Waals surface area contributed by atoms with Crippen LogP contribution in [0.25, 0.3) is 44.2 Å². The molecule has 0 radical (unpaired) electrons. The smallest absolute Gasteiger partial charge is 0.0683 e. The first-order valence-electron chi connectivity index (χ1n) is 15.0. The molecule has 0 bridgehead atoms. The van der Waals surface area contributed by atoms with E-state index in [0.29, 0.717) is 5.92 Å². The van der Waals surface area contributed by atoms with E-state index in [1.807, 2.05) is 0 Å². The molecular formula is C42H32. The average molecular weight is 537 g/mol. The molecule has 0 saturated heterocycles. The minimum atomic E-state index is -0.385.